The molecule has 1 heteroatoms. The van der Waals surface area contributed by atoms with Crippen LogP contribution in [0.5, 0.6) is 0 Å². The highest BCUT2D eigenvalue weighted by Gasteiger charge is 2.54. The first kappa shape index (κ1) is 23.4. The summed E-state index contributed by atoms with van der Waals surface area (Å²) < 4.78 is 0. The number of fused-ring (bicyclic) bond motifs is 2. The van der Waals surface area contributed by atoms with Crippen LogP contribution in [-0.4, -0.2) is 11.2 Å². The van der Waals surface area contributed by atoms with Crippen LogP contribution in [0, 0.1) is 40.4 Å². The van der Waals surface area contributed by atoms with Crippen LogP contribution in [-0.2, 0) is 0 Å². The first-order valence-electron chi connectivity index (χ1n) is 13.0. The third kappa shape index (κ3) is 4.51. The van der Waals surface area contributed by atoms with E-state index in [0.29, 0.717) is 10.8 Å². The summed E-state index contributed by atoms with van der Waals surface area (Å²) in [4.78, 5) is 0. The van der Waals surface area contributed by atoms with E-state index in [9.17, 15) is 5.11 Å². The van der Waals surface area contributed by atoms with E-state index in [1.807, 2.05) is 18.1 Å². The zero-order valence-electron chi connectivity index (χ0n) is 20.7. The summed E-state index contributed by atoms with van der Waals surface area (Å²) in [6.45, 7) is 17.0. The van der Waals surface area contributed by atoms with Crippen molar-refractivity contribution in [3.05, 3.63) is 11.1 Å². The number of allylic oxidation sites excluding steroid dienone is 2. The average Bonchev–Trinajstić information content (AvgIpc) is 3.00. The Morgan fingerprint density at radius 3 is 2.34 bits per heavy atom. The highest BCUT2D eigenvalue weighted by atomic mass is 16.3. The van der Waals surface area contributed by atoms with E-state index in [1.165, 1.54) is 64.2 Å². The van der Waals surface area contributed by atoms with Gasteiger partial charge in [0.15, 0.2) is 0 Å². The standard InChI is InChI=1S/C28H50O/c1-19(2)9-8-10-20(3)24-13-14-25-23-12-11-21(4)27(6,17-15-22(5)29)26(23)16-18-28(24,25)7/h19-22,24-25,29H,8-18H2,1-7H3. The molecule has 1 fully saturated rings. The highest BCUT2D eigenvalue weighted by molar-refractivity contribution is 5.33. The Morgan fingerprint density at radius 1 is 0.966 bits per heavy atom. The first-order valence-corrected chi connectivity index (χ1v) is 13.0. The molecule has 3 rings (SSSR count). The molecule has 0 saturated heterocycles. The van der Waals surface area contributed by atoms with Crippen LogP contribution >= 0.6 is 0 Å². The van der Waals surface area contributed by atoms with Gasteiger partial charge in [-0.1, -0.05) is 72.0 Å². The molecule has 29 heavy (non-hydrogen) atoms. The van der Waals surface area contributed by atoms with Gasteiger partial charge in [-0.15, -0.1) is 0 Å². The van der Waals surface area contributed by atoms with Crippen LogP contribution in [0.1, 0.15) is 119 Å². The SMILES string of the molecule is CC(C)CCCC(C)C1CCC2C3=C(CCC21C)C(C)(CCC(C)O)C(C)CC3. The van der Waals surface area contributed by atoms with Crippen molar-refractivity contribution < 1.29 is 5.11 Å². The van der Waals surface area contributed by atoms with Crippen molar-refractivity contribution in [1.29, 1.82) is 0 Å². The summed E-state index contributed by atoms with van der Waals surface area (Å²) in [5.41, 5.74) is 4.60. The molecular formula is C28H50O. The van der Waals surface area contributed by atoms with E-state index >= 15 is 0 Å². The van der Waals surface area contributed by atoms with Gasteiger partial charge < -0.3 is 5.11 Å². The molecule has 7 atom stereocenters. The van der Waals surface area contributed by atoms with Crippen molar-refractivity contribution in [2.75, 3.05) is 0 Å². The van der Waals surface area contributed by atoms with Gasteiger partial charge in [0.1, 0.15) is 0 Å². The zero-order valence-corrected chi connectivity index (χ0v) is 20.7. The Hall–Kier alpha value is -0.300. The third-order valence-corrected chi connectivity index (χ3v) is 9.96. The Labute approximate surface area is 182 Å². The van der Waals surface area contributed by atoms with Gasteiger partial charge >= 0.3 is 0 Å². The van der Waals surface area contributed by atoms with Gasteiger partial charge in [-0.3, -0.25) is 0 Å². The number of hydrogen-bond acceptors (Lipinski definition) is 1. The predicted molar refractivity (Wildman–Crippen MR) is 126 cm³/mol. The molecule has 3 aliphatic carbocycles. The van der Waals surface area contributed by atoms with Gasteiger partial charge in [0.05, 0.1) is 6.10 Å². The summed E-state index contributed by atoms with van der Waals surface area (Å²) in [6, 6.07) is 0. The second kappa shape index (κ2) is 9.05. The van der Waals surface area contributed by atoms with Crippen LogP contribution in [0.4, 0.5) is 0 Å². The van der Waals surface area contributed by atoms with Crippen LogP contribution in [0.3, 0.4) is 0 Å². The molecule has 168 valence electrons. The topological polar surface area (TPSA) is 20.2 Å². The van der Waals surface area contributed by atoms with Gasteiger partial charge in [0.25, 0.3) is 0 Å². The first-order chi connectivity index (χ1) is 13.6. The van der Waals surface area contributed by atoms with Crippen LogP contribution in [0.2, 0.25) is 0 Å². The number of aliphatic hydroxyl groups is 1. The fraction of sp³-hybridized carbons (Fsp3) is 0.929. The summed E-state index contributed by atoms with van der Waals surface area (Å²) in [7, 11) is 0. The Bertz CT molecular complexity index is 587. The molecule has 0 aromatic rings. The van der Waals surface area contributed by atoms with Crippen molar-refractivity contribution in [1.82, 2.24) is 0 Å². The van der Waals surface area contributed by atoms with Gasteiger partial charge in [-0.05, 0) is 98.7 Å². The van der Waals surface area contributed by atoms with E-state index in [0.717, 1.165) is 36.0 Å². The quantitative estimate of drug-likeness (QED) is 0.406. The van der Waals surface area contributed by atoms with Crippen molar-refractivity contribution in [2.45, 2.75) is 125 Å². The maximum absolute atomic E-state index is 9.96. The summed E-state index contributed by atoms with van der Waals surface area (Å²) in [6.07, 6.45) is 14.6. The van der Waals surface area contributed by atoms with Crippen LogP contribution in [0.25, 0.3) is 0 Å². The third-order valence-electron chi connectivity index (χ3n) is 9.96. The normalized spacial score (nSPS) is 39.4. The molecule has 0 spiro atoms. The van der Waals surface area contributed by atoms with Crippen molar-refractivity contribution >= 4 is 0 Å². The van der Waals surface area contributed by atoms with Crippen molar-refractivity contribution in [2.24, 2.45) is 40.4 Å². The predicted octanol–water partition coefficient (Wildman–Crippen LogP) is 8.17. The lowest BCUT2D eigenvalue weighted by atomic mass is 9.52. The maximum Gasteiger partial charge on any atom is 0.0512 e. The molecule has 0 aliphatic heterocycles. The highest BCUT2D eigenvalue weighted by Crippen LogP contribution is 2.64. The molecule has 0 aromatic carbocycles. The van der Waals surface area contributed by atoms with E-state index in [2.05, 4.69) is 41.5 Å². The molecule has 0 amide bonds. The van der Waals surface area contributed by atoms with Crippen LogP contribution < -0.4 is 0 Å². The summed E-state index contributed by atoms with van der Waals surface area (Å²) in [5.74, 6) is 4.27. The molecule has 1 nitrogen and oxygen atoms in total. The van der Waals surface area contributed by atoms with Gasteiger partial charge in [-0.2, -0.15) is 0 Å². The zero-order chi connectivity index (χ0) is 21.4. The Balaban J connectivity index is 1.79. The summed E-state index contributed by atoms with van der Waals surface area (Å²) >= 11 is 0. The van der Waals surface area contributed by atoms with Crippen LogP contribution in [0.15, 0.2) is 11.1 Å². The molecule has 3 aliphatic rings. The lowest BCUT2D eigenvalue weighted by molar-refractivity contribution is 0.0742. The average molecular weight is 403 g/mol. The molecule has 7 unspecified atom stereocenters. The maximum atomic E-state index is 9.96. The van der Waals surface area contributed by atoms with Crippen molar-refractivity contribution in [3.63, 3.8) is 0 Å². The number of rotatable bonds is 8. The monoisotopic (exact) mass is 402 g/mol. The summed E-state index contributed by atoms with van der Waals surface area (Å²) in [5, 5.41) is 9.96. The molecule has 1 saturated carbocycles. The van der Waals surface area contributed by atoms with Crippen molar-refractivity contribution in [3.8, 4) is 0 Å². The molecule has 0 aromatic heterocycles. The molecule has 0 heterocycles. The smallest absolute Gasteiger partial charge is 0.0512 e. The number of hydrogen-bond donors (Lipinski definition) is 1. The van der Waals surface area contributed by atoms with E-state index < -0.39 is 0 Å². The minimum absolute atomic E-state index is 0.165. The second-order valence-corrected chi connectivity index (χ2v) is 12.3. The minimum Gasteiger partial charge on any atom is -0.393 e. The van der Waals surface area contributed by atoms with E-state index in [1.54, 1.807) is 0 Å². The Morgan fingerprint density at radius 2 is 1.69 bits per heavy atom. The molecule has 1 N–H and O–H groups in total. The van der Waals surface area contributed by atoms with E-state index in [-0.39, 0.29) is 6.10 Å². The lowest BCUT2D eigenvalue weighted by Gasteiger charge is -2.52. The fourth-order valence-corrected chi connectivity index (χ4v) is 7.82. The van der Waals surface area contributed by atoms with E-state index in [4.69, 9.17) is 0 Å². The largest absolute Gasteiger partial charge is 0.393 e. The second-order valence-electron chi connectivity index (χ2n) is 12.3. The fourth-order valence-electron chi connectivity index (χ4n) is 7.82. The van der Waals surface area contributed by atoms with Gasteiger partial charge in [-0.25, -0.2) is 0 Å². The Kier molecular flexibility index (Phi) is 7.30. The lowest BCUT2D eigenvalue weighted by Crippen LogP contribution is -2.42. The number of aliphatic hydroxyl groups excluding tert-OH is 1. The minimum atomic E-state index is -0.165. The van der Waals surface area contributed by atoms with Gasteiger partial charge in [0.2, 0.25) is 0 Å². The molecule has 0 radical (unpaired) electrons. The molecular weight excluding hydrogens is 352 g/mol. The molecule has 0 bridgehead atoms. The van der Waals surface area contributed by atoms with Gasteiger partial charge in [0, 0.05) is 0 Å².